The number of hydrogen-bond donors (Lipinski definition) is 1. The zero-order valence-corrected chi connectivity index (χ0v) is 9.80. The van der Waals surface area contributed by atoms with E-state index in [1.54, 1.807) is 0 Å². The second-order valence-electron chi connectivity index (χ2n) is 4.79. The van der Waals surface area contributed by atoms with Gasteiger partial charge in [-0.25, -0.2) is 8.42 Å². The van der Waals surface area contributed by atoms with Crippen LogP contribution >= 0.6 is 0 Å². The van der Waals surface area contributed by atoms with Crippen LogP contribution < -0.4 is 0 Å². The summed E-state index contributed by atoms with van der Waals surface area (Å²) < 4.78 is 24.9. The first-order chi connectivity index (χ1) is 7.02. The molecule has 0 bridgehead atoms. The van der Waals surface area contributed by atoms with Crippen molar-refractivity contribution < 1.29 is 13.5 Å². The van der Waals surface area contributed by atoms with Gasteiger partial charge in [-0.3, -0.25) is 0 Å². The van der Waals surface area contributed by atoms with E-state index in [4.69, 9.17) is 0 Å². The van der Waals surface area contributed by atoms with Gasteiger partial charge < -0.3 is 5.11 Å². The summed E-state index contributed by atoms with van der Waals surface area (Å²) in [7, 11) is -3.08. The van der Waals surface area contributed by atoms with Gasteiger partial charge in [0.2, 0.25) is 10.0 Å². The minimum Gasteiger partial charge on any atom is -0.389 e. The molecule has 88 valence electrons. The van der Waals surface area contributed by atoms with Gasteiger partial charge in [0.05, 0.1) is 11.4 Å². The first-order valence-corrected chi connectivity index (χ1v) is 7.33. The minimum absolute atomic E-state index is 0.253. The maximum absolute atomic E-state index is 11.7. The van der Waals surface area contributed by atoms with Crippen molar-refractivity contribution in [2.45, 2.75) is 44.1 Å². The van der Waals surface area contributed by atoms with Crippen molar-refractivity contribution in [1.82, 2.24) is 4.31 Å². The summed E-state index contributed by atoms with van der Waals surface area (Å²) in [4.78, 5) is 0. The third-order valence-corrected chi connectivity index (χ3v) is 5.36. The molecule has 2 aliphatic rings. The van der Waals surface area contributed by atoms with Crippen LogP contribution in [0.1, 0.15) is 38.5 Å². The van der Waals surface area contributed by atoms with Crippen molar-refractivity contribution in [3.63, 3.8) is 0 Å². The van der Waals surface area contributed by atoms with E-state index >= 15 is 0 Å². The molecule has 1 heterocycles. The van der Waals surface area contributed by atoms with E-state index in [2.05, 4.69) is 0 Å². The van der Waals surface area contributed by atoms with Crippen molar-refractivity contribution in [3.8, 4) is 0 Å². The molecular formula is C10H19NO3S. The SMILES string of the molecule is O=S1(=O)CCCCN1CC1(O)CCCC1. The third kappa shape index (κ3) is 2.52. The Balaban J connectivity index is 2.04. The van der Waals surface area contributed by atoms with Gasteiger partial charge in [-0.05, 0) is 25.7 Å². The van der Waals surface area contributed by atoms with Gasteiger partial charge in [0.1, 0.15) is 0 Å². The van der Waals surface area contributed by atoms with Crippen molar-refractivity contribution in [1.29, 1.82) is 0 Å². The highest BCUT2D eigenvalue weighted by molar-refractivity contribution is 7.89. The molecule has 2 fully saturated rings. The van der Waals surface area contributed by atoms with Crippen molar-refractivity contribution in [3.05, 3.63) is 0 Å². The predicted octanol–water partition coefficient (Wildman–Crippen LogP) is 0.717. The molecule has 1 aliphatic heterocycles. The molecule has 15 heavy (non-hydrogen) atoms. The molecule has 1 aliphatic carbocycles. The van der Waals surface area contributed by atoms with E-state index in [-0.39, 0.29) is 5.75 Å². The Morgan fingerprint density at radius 2 is 1.80 bits per heavy atom. The Labute approximate surface area is 91.3 Å². The Bertz CT molecular complexity index is 320. The zero-order chi connectivity index (χ0) is 10.9. The molecule has 0 unspecified atom stereocenters. The van der Waals surface area contributed by atoms with Gasteiger partial charge in [0.25, 0.3) is 0 Å². The molecule has 0 aromatic heterocycles. The van der Waals surface area contributed by atoms with Crippen LogP contribution in [-0.2, 0) is 10.0 Å². The summed E-state index contributed by atoms with van der Waals surface area (Å²) in [5.41, 5.74) is -0.746. The molecule has 0 spiro atoms. The summed E-state index contributed by atoms with van der Waals surface area (Å²) in [6.45, 7) is 0.903. The summed E-state index contributed by atoms with van der Waals surface area (Å²) in [5.74, 6) is 0.253. The molecule has 1 N–H and O–H groups in total. The first kappa shape index (κ1) is 11.4. The summed E-state index contributed by atoms with van der Waals surface area (Å²) >= 11 is 0. The lowest BCUT2D eigenvalue weighted by molar-refractivity contribution is 0.0282. The van der Waals surface area contributed by atoms with Crippen LogP contribution in [0.25, 0.3) is 0 Å². The number of rotatable bonds is 2. The Morgan fingerprint density at radius 1 is 1.13 bits per heavy atom. The van der Waals surface area contributed by atoms with Gasteiger partial charge in [-0.1, -0.05) is 12.8 Å². The second-order valence-corrected chi connectivity index (χ2v) is 6.88. The largest absolute Gasteiger partial charge is 0.389 e. The lowest BCUT2D eigenvalue weighted by Crippen LogP contribution is -2.47. The quantitative estimate of drug-likeness (QED) is 0.764. The smallest absolute Gasteiger partial charge is 0.214 e. The zero-order valence-electron chi connectivity index (χ0n) is 8.98. The van der Waals surface area contributed by atoms with Crippen molar-refractivity contribution in [2.75, 3.05) is 18.8 Å². The van der Waals surface area contributed by atoms with E-state index in [1.165, 1.54) is 4.31 Å². The minimum atomic E-state index is -3.08. The molecule has 1 saturated heterocycles. The molecule has 0 aromatic carbocycles. The van der Waals surface area contributed by atoms with Crippen molar-refractivity contribution >= 4 is 10.0 Å². The van der Waals surface area contributed by atoms with Crippen molar-refractivity contribution in [2.24, 2.45) is 0 Å². The Morgan fingerprint density at radius 3 is 2.40 bits per heavy atom. The molecule has 0 radical (unpaired) electrons. The van der Waals surface area contributed by atoms with Crippen LogP contribution in [0.2, 0.25) is 0 Å². The van der Waals surface area contributed by atoms with Gasteiger partial charge in [0, 0.05) is 13.1 Å². The molecule has 1 saturated carbocycles. The van der Waals surface area contributed by atoms with E-state index in [0.717, 1.165) is 38.5 Å². The number of nitrogens with zero attached hydrogens (tertiary/aromatic N) is 1. The average molecular weight is 233 g/mol. The van der Waals surface area contributed by atoms with E-state index in [9.17, 15) is 13.5 Å². The molecule has 5 heteroatoms. The summed E-state index contributed by atoms with van der Waals surface area (Å²) in [6, 6.07) is 0. The molecule has 0 amide bonds. The molecule has 2 rings (SSSR count). The van der Waals surface area contributed by atoms with Gasteiger partial charge in [0.15, 0.2) is 0 Å². The molecule has 0 atom stereocenters. The van der Waals surface area contributed by atoms with Crippen LogP contribution in [-0.4, -0.2) is 42.3 Å². The standard InChI is InChI=1S/C10H19NO3S/c12-10(5-1-2-6-10)9-11-7-3-4-8-15(11,13)14/h12H,1-9H2. The fourth-order valence-corrected chi connectivity index (χ4v) is 4.21. The van der Waals surface area contributed by atoms with Crippen LogP contribution in [0.4, 0.5) is 0 Å². The maximum Gasteiger partial charge on any atom is 0.214 e. The fraction of sp³-hybridized carbons (Fsp3) is 1.00. The van der Waals surface area contributed by atoms with E-state index in [1.807, 2.05) is 0 Å². The molecular weight excluding hydrogens is 214 g/mol. The van der Waals surface area contributed by atoms with Gasteiger partial charge in [-0.15, -0.1) is 0 Å². The van der Waals surface area contributed by atoms with Gasteiger partial charge >= 0.3 is 0 Å². The lowest BCUT2D eigenvalue weighted by Gasteiger charge is -2.32. The highest BCUT2D eigenvalue weighted by atomic mass is 32.2. The number of hydrogen-bond acceptors (Lipinski definition) is 3. The topological polar surface area (TPSA) is 57.6 Å². The van der Waals surface area contributed by atoms with Crippen LogP contribution in [0.3, 0.4) is 0 Å². The molecule has 0 aromatic rings. The Kier molecular flexibility index (Phi) is 3.05. The van der Waals surface area contributed by atoms with E-state index < -0.39 is 15.6 Å². The highest BCUT2D eigenvalue weighted by Crippen LogP contribution is 2.31. The summed E-state index contributed by atoms with van der Waals surface area (Å²) in [6.07, 6.45) is 5.22. The lowest BCUT2D eigenvalue weighted by atomic mass is 10.0. The van der Waals surface area contributed by atoms with Crippen LogP contribution in [0, 0.1) is 0 Å². The van der Waals surface area contributed by atoms with Crippen LogP contribution in [0.5, 0.6) is 0 Å². The number of sulfonamides is 1. The average Bonchev–Trinajstić information content (AvgIpc) is 2.56. The maximum atomic E-state index is 11.7. The third-order valence-electron chi connectivity index (χ3n) is 3.46. The fourth-order valence-electron chi connectivity index (χ4n) is 2.54. The molecule has 4 nitrogen and oxygen atoms in total. The highest BCUT2D eigenvalue weighted by Gasteiger charge is 2.37. The number of aliphatic hydroxyl groups is 1. The second kappa shape index (κ2) is 4.03. The first-order valence-electron chi connectivity index (χ1n) is 5.72. The van der Waals surface area contributed by atoms with E-state index in [0.29, 0.717) is 13.1 Å². The number of β-amino-alcohol motifs (C(OH)–C–C–N with tert-alkyl or cyclic N) is 1. The monoisotopic (exact) mass is 233 g/mol. The van der Waals surface area contributed by atoms with Gasteiger partial charge in [-0.2, -0.15) is 4.31 Å². The normalized spacial score (nSPS) is 30.5. The predicted molar refractivity (Wildman–Crippen MR) is 58.0 cm³/mol. The van der Waals surface area contributed by atoms with Crippen LogP contribution in [0.15, 0.2) is 0 Å². The summed E-state index contributed by atoms with van der Waals surface area (Å²) in [5, 5.41) is 10.2. The Hall–Kier alpha value is -0.130.